The molecule has 0 aliphatic carbocycles. The molecule has 1 atom stereocenters. The molecule has 0 saturated heterocycles. The number of nitro benzene ring substituents is 1. The van der Waals surface area contributed by atoms with E-state index in [2.05, 4.69) is 29.8 Å². The summed E-state index contributed by atoms with van der Waals surface area (Å²) in [5.74, 6) is 0.837. The molecule has 4 nitrogen and oxygen atoms in total. The van der Waals surface area contributed by atoms with E-state index >= 15 is 0 Å². The maximum atomic E-state index is 11.0. The van der Waals surface area contributed by atoms with Gasteiger partial charge in [0.2, 0.25) is 0 Å². The van der Waals surface area contributed by atoms with Crippen LogP contribution in [0, 0.1) is 16.0 Å². The first kappa shape index (κ1) is 17.0. The number of nitro groups is 1. The van der Waals surface area contributed by atoms with Crippen molar-refractivity contribution in [3.05, 3.63) is 33.9 Å². The quantitative estimate of drug-likeness (QED) is 0.356. The lowest BCUT2D eigenvalue weighted by Crippen LogP contribution is -2.12. The second kappa shape index (κ2) is 8.95. The number of unbranched alkanes of at least 4 members (excludes halogenated alkanes) is 1. The molecular formula is C15H22BrNO3. The fourth-order valence-electron chi connectivity index (χ4n) is 2.01. The standard InChI is InChI=1S/C15H22BrNO3/c1-3-5-6-12(4-2)11-20-15-9-13(10-16)7-8-14(15)17(18)19/h7-9,12H,3-6,10-11H2,1-2H3. The van der Waals surface area contributed by atoms with Crippen LogP contribution in [0.4, 0.5) is 5.69 Å². The van der Waals surface area contributed by atoms with Crippen LogP contribution < -0.4 is 4.74 Å². The van der Waals surface area contributed by atoms with Gasteiger partial charge in [-0.2, -0.15) is 0 Å². The van der Waals surface area contributed by atoms with Gasteiger partial charge in [-0.3, -0.25) is 10.1 Å². The highest BCUT2D eigenvalue weighted by molar-refractivity contribution is 9.08. The maximum Gasteiger partial charge on any atom is 0.310 e. The monoisotopic (exact) mass is 343 g/mol. The molecule has 1 rings (SSSR count). The first-order valence-electron chi connectivity index (χ1n) is 7.08. The largest absolute Gasteiger partial charge is 0.487 e. The molecule has 0 aromatic heterocycles. The van der Waals surface area contributed by atoms with Crippen molar-refractivity contribution >= 4 is 21.6 Å². The molecule has 0 N–H and O–H groups in total. The van der Waals surface area contributed by atoms with E-state index in [0.29, 0.717) is 23.6 Å². The van der Waals surface area contributed by atoms with Crippen LogP contribution in [0.1, 0.15) is 45.1 Å². The number of halogens is 1. The van der Waals surface area contributed by atoms with E-state index in [9.17, 15) is 10.1 Å². The van der Waals surface area contributed by atoms with Crippen molar-refractivity contribution in [1.82, 2.24) is 0 Å². The lowest BCUT2D eigenvalue weighted by molar-refractivity contribution is -0.385. The lowest BCUT2D eigenvalue weighted by atomic mass is 10.0. The van der Waals surface area contributed by atoms with Gasteiger partial charge in [-0.1, -0.05) is 55.1 Å². The molecule has 0 spiro atoms. The molecule has 0 aliphatic heterocycles. The molecule has 0 saturated carbocycles. The molecule has 0 aliphatic rings. The van der Waals surface area contributed by atoms with Gasteiger partial charge in [0.25, 0.3) is 0 Å². The SMILES string of the molecule is CCCCC(CC)COc1cc(CBr)ccc1[N+](=O)[O-]. The smallest absolute Gasteiger partial charge is 0.310 e. The van der Waals surface area contributed by atoms with Crippen LogP contribution in [0.5, 0.6) is 5.75 Å². The predicted octanol–water partition coefficient (Wildman–Crippen LogP) is 5.08. The Morgan fingerprint density at radius 1 is 1.40 bits per heavy atom. The van der Waals surface area contributed by atoms with Crippen molar-refractivity contribution in [2.75, 3.05) is 6.61 Å². The summed E-state index contributed by atoms with van der Waals surface area (Å²) in [6, 6.07) is 5.01. The molecule has 112 valence electrons. The number of alkyl halides is 1. The topological polar surface area (TPSA) is 52.4 Å². The molecule has 1 unspecified atom stereocenters. The van der Waals surface area contributed by atoms with Gasteiger partial charge in [0.1, 0.15) is 0 Å². The Hall–Kier alpha value is -1.10. The summed E-state index contributed by atoms with van der Waals surface area (Å²) in [6.07, 6.45) is 4.48. The van der Waals surface area contributed by atoms with E-state index in [-0.39, 0.29) is 10.6 Å². The van der Waals surface area contributed by atoms with Crippen LogP contribution in [0.15, 0.2) is 18.2 Å². The number of benzene rings is 1. The van der Waals surface area contributed by atoms with Crippen molar-refractivity contribution in [2.24, 2.45) is 5.92 Å². The summed E-state index contributed by atoms with van der Waals surface area (Å²) in [7, 11) is 0. The van der Waals surface area contributed by atoms with E-state index in [4.69, 9.17) is 4.74 Å². The zero-order valence-corrected chi connectivity index (χ0v) is 13.7. The minimum atomic E-state index is -0.389. The number of ether oxygens (including phenoxy) is 1. The number of hydrogen-bond acceptors (Lipinski definition) is 3. The first-order valence-corrected chi connectivity index (χ1v) is 8.20. The fourth-order valence-corrected chi connectivity index (χ4v) is 2.36. The Kier molecular flexibility index (Phi) is 7.59. The summed E-state index contributed by atoms with van der Waals surface area (Å²) in [5.41, 5.74) is 1.02. The molecule has 0 fully saturated rings. The van der Waals surface area contributed by atoms with E-state index in [1.807, 2.05) is 0 Å². The molecule has 5 heteroatoms. The average Bonchev–Trinajstić information content (AvgIpc) is 2.47. The average molecular weight is 344 g/mol. The van der Waals surface area contributed by atoms with E-state index in [0.717, 1.165) is 24.8 Å². The number of nitrogens with zero attached hydrogens (tertiary/aromatic N) is 1. The van der Waals surface area contributed by atoms with Gasteiger partial charge < -0.3 is 4.74 Å². The fraction of sp³-hybridized carbons (Fsp3) is 0.600. The Morgan fingerprint density at radius 3 is 2.70 bits per heavy atom. The third kappa shape index (κ3) is 5.12. The van der Waals surface area contributed by atoms with Gasteiger partial charge in [0.15, 0.2) is 5.75 Å². The highest BCUT2D eigenvalue weighted by atomic mass is 79.9. The van der Waals surface area contributed by atoms with Crippen LogP contribution in [-0.4, -0.2) is 11.5 Å². The Balaban J connectivity index is 2.76. The van der Waals surface area contributed by atoms with Crippen molar-refractivity contribution in [3.8, 4) is 5.75 Å². The number of rotatable bonds is 9. The van der Waals surface area contributed by atoms with Crippen LogP contribution >= 0.6 is 15.9 Å². The second-order valence-electron chi connectivity index (χ2n) is 4.92. The summed E-state index contributed by atoms with van der Waals surface area (Å²) < 4.78 is 5.73. The van der Waals surface area contributed by atoms with Crippen molar-refractivity contribution in [2.45, 2.75) is 44.9 Å². The summed E-state index contributed by atoms with van der Waals surface area (Å²) >= 11 is 3.36. The molecular weight excluding hydrogens is 322 g/mol. The molecule has 20 heavy (non-hydrogen) atoms. The van der Waals surface area contributed by atoms with Gasteiger partial charge in [-0.05, 0) is 24.0 Å². The minimum absolute atomic E-state index is 0.0417. The van der Waals surface area contributed by atoms with Gasteiger partial charge in [-0.25, -0.2) is 0 Å². The number of hydrogen-bond donors (Lipinski definition) is 0. The molecule has 1 aromatic carbocycles. The Bertz CT molecular complexity index is 437. The molecule has 0 heterocycles. The van der Waals surface area contributed by atoms with Gasteiger partial charge in [0, 0.05) is 11.4 Å². The van der Waals surface area contributed by atoms with E-state index in [1.165, 1.54) is 12.5 Å². The van der Waals surface area contributed by atoms with Crippen LogP contribution in [-0.2, 0) is 5.33 Å². The van der Waals surface area contributed by atoms with Crippen molar-refractivity contribution < 1.29 is 9.66 Å². The lowest BCUT2D eigenvalue weighted by Gasteiger charge is -2.15. The van der Waals surface area contributed by atoms with Crippen LogP contribution in [0.2, 0.25) is 0 Å². The first-order chi connectivity index (χ1) is 9.62. The third-order valence-electron chi connectivity index (χ3n) is 3.39. The zero-order chi connectivity index (χ0) is 15.0. The summed E-state index contributed by atoms with van der Waals surface area (Å²) in [4.78, 5) is 10.6. The Labute approximate surface area is 128 Å². The van der Waals surface area contributed by atoms with Crippen LogP contribution in [0.3, 0.4) is 0 Å². The molecule has 0 bridgehead atoms. The van der Waals surface area contributed by atoms with Crippen molar-refractivity contribution in [3.63, 3.8) is 0 Å². The second-order valence-corrected chi connectivity index (χ2v) is 5.48. The van der Waals surface area contributed by atoms with Gasteiger partial charge in [0.05, 0.1) is 11.5 Å². The molecule has 0 radical (unpaired) electrons. The summed E-state index contributed by atoms with van der Waals surface area (Å²) in [6.45, 7) is 4.84. The summed E-state index contributed by atoms with van der Waals surface area (Å²) in [5, 5.41) is 11.7. The maximum absolute atomic E-state index is 11.0. The minimum Gasteiger partial charge on any atom is -0.487 e. The van der Waals surface area contributed by atoms with E-state index < -0.39 is 0 Å². The third-order valence-corrected chi connectivity index (χ3v) is 4.04. The molecule has 0 amide bonds. The Morgan fingerprint density at radius 2 is 2.15 bits per heavy atom. The van der Waals surface area contributed by atoms with Crippen LogP contribution in [0.25, 0.3) is 0 Å². The highest BCUT2D eigenvalue weighted by Gasteiger charge is 2.17. The van der Waals surface area contributed by atoms with Crippen molar-refractivity contribution in [1.29, 1.82) is 0 Å². The molecule has 1 aromatic rings. The van der Waals surface area contributed by atoms with E-state index in [1.54, 1.807) is 12.1 Å². The van der Waals surface area contributed by atoms with Gasteiger partial charge >= 0.3 is 5.69 Å². The highest BCUT2D eigenvalue weighted by Crippen LogP contribution is 2.29. The normalized spacial score (nSPS) is 12.2. The van der Waals surface area contributed by atoms with Gasteiger partial charge in [-0.15, -0.1) is 0 Å². The zero-order valence-electron chi connectivity index (χ0n) is 12.1. The predicted molar refractivity (Wildman–Crippen MR) is 84.5 cm³/mol.